The number of rotatable bonds is 2. The number of ether oxygens (including phenoxy) is 1. The Labute approximate surface area is 163 Å². The van der Waals surface area contributed by atoms with Gasteiger partial charge in [0.05, 0.1) is 11.7 Å². The van der Waals surface area contributed by atoms with Crippen LogP contribution in [0.15, 0.2) is 27.4 Å². The van der Waals surface area contributed by atoms with Crippen molar-refractivity contribution < 1.29 is 19.1 Å². The van der Waals surface area contributed by atoms with E-state index in [1.807, 2.05) is 32.9 Å². The van der Waals surface area contributed by atoms with E-state index in [9.17, 15) is 14.7 Å². The van der Waals surface area contributed by atoms with Crippen molar-refractivity contribution in [2.75, 3.05) is 31.1 Å². The molecule has 8 nitrogen and oxygen atoms in total. The fourth-order valence-electron chi connectivity index (χ4n) is 3.13. The molecule has 8 heteroatoms. The lowest BCUT2D eigenvalue weighted by Crippen LogP contribution is -2.39. The van der Waals surface area contributed by atoms with Crippen LogP contribution in [0.4, 0.5) is 10.6 Å². The third-order valence-corrected chi connectivity index (χ3v) is 4.53. The number of anilines is 1. The summed E-state index contributed by atoms with van der Waals surface area (Å²) in [4.78, 5) is 32.6. The molecule has 0 bridgehead atoms. The van der Waals surface area contributed by atoms with Crippen LogP contribution in [-0.4, -0.2) is 52.9 Å². The summed E-state index contributed by atoms with van der Waals surface area (Å²) >= 11 is 0. The normalized spacial score (nSPS) is 16.8. The first-order chi connectivity index (χ1) is 13.1. The van der Waals surface area contributed by atoms with Gasteiger partial charge in [-0.1, -0.05) is 0 Å². The van der Waals surface area contributed by atoms with Gasteiger partial charge in [-0.2, -0.15) is 4.98 Å². The summed E-state index contributed by atoms with van der Waals surface area (Å²) in [6.07, 6.45) is -0.425. The molecule has 1 unspecified atom stereocenters. The van der Waals surface area contributed by atoms with Crippen molar-refractivity contribution in [2.24, 2.45) is 0 Å². The highest BCUT2D eigenvalue weighted by Gasteiger charge is 2.25. The Morgan fingerprint density at radius 1 is 1.25 bits per heavy atom. The molecule has 2 aromatic rings. The van der Waals surface area contributed by atoms with E-state index in [0.717, 1.165) is 13.0 Å². The lowest BCUT2D eigenvalue weighted by Gasteiger charge is -2.26. The molecule has 0 radical (unpaired) electrons. The minimum atomic E-state index is -0.898. The van der Waals surface area contributed by atoms with Crippen molar-refractivity contribution in [3.05, 3.63) is 34.2 Å². The van der Waals surface area contributed by atoms with Gasteiger partial charge < -0.3 is 24.1 Å². The van der Waals surface area contributed by atoms with Gasteiger partial charge in [0.25, 0.3) is 0 Å². The van der Waals surface area contributed by atoms with Crippen LogP contribution in [0.3, 0.4) is 0 Å². The fraction of sp³-hybridized carbons (Fsp3) is 0.550. The number of aliphatic hydroxyl groups excluding tert-OH is 1. The van der Waals surface area contributed by atoms with Gasteiger partial charge in [-0.05, 0) is 52.3 Å². The monoisotopic (exact) mass is 389 g/mol. The molecule has 0 saturated carbocycles. The molecule has 3 rings (SSSR count). The van der Waals surface area contributed by atoms with Crippen LogP contribution >= 0.6 is 0 Å². The molecule has 1 fully saturated rings. The molecular weight excluding hydrogens is 362 g/mol. The Kier molecular flexibility index (Phi) is 5.60. The third-order valence-electron chi connectivity index (χ3n) is 4.53. The number of fused-ring (bicyclic) bond motifs is 1. The zero-order valence-electron chi connectivity index (χ0n) is 16.8. The highest BCUT2D eigenvalue weighted by atomic mass is 16.6. The van der Waals surface area contributed by atoms with Crippen LogP contribution in [0.2, 0.25) is 0 Å². The van der Waals surface area contributed by atoms with E-state index in [1.54, 1.807) is 11.0 Å². The minimum Gasteiger partial charge on any atom is -0.444 e. The molecule has 1 saturated heterocycles. The first-order valence-electron chi connectivity index (χ1n) is 9.50. The summed E-state index contributed by atoms with van der Waals surface area (Å²) in [5.41, 5.74) is -0.657. The number of pyridine rings is 1. The molecule has 0 aromatic carbocycles. The molecule has 2 aromatic heterocycles. The number of nitrogens with zero attached hydrogens (tertiary/aromatic N) is 3. The number of amides is 1. The predicted molar refractivity (Wildman–Crippen MR) is 106 cm³/mol. The molecule has 0 spiro atoms. The van der Waals surface area contributed by atoms with Gasteiger partial charge in [0.1, 0.15) is 11.4 Å². The largest absolute Gasteiger partial charge is 0.444 e. The number of carbonyl (C=O) groups is 1. The summed E-state index contributed by atoms with van der Waals surface area (Å²) < 4.78 is 10.8. The summed E-state index contributed by atoms with van der Waals surface area (Å²) in [7, 11) is 0. The van der Waals surface area contributed by atoms with Crippen LogP contribution in [-0.2, 0) is 4.74 Å². The highest BCUT2D eigenvalue weighted by molar-refractivity contribution is 5.75. The number of aliphatic hydroxyl groups is 1. The van der Waals surface area contributed by atoms with Gasteiger partial charge in [-0.15, -0.1) is 0 Å². The SMILES string of the molecule is CC(O)c1cc2ccc(N3CCCN(C(=O)OC(C)(C)C)CC3)nc2oc1=O. The standard InChI is InChI=1S/C20H27N3O5/c1-13(24)15-12-14-6-7-16(21-17(14)27-18(15)25)22-8-5-9-23(11-10-22)19(26)28-20(2,3)4/h6-7,12-13,24H,5,8-11H2,1-4H3. The smallest absolute Gasteiger partial charge is 0.410 e. The Bertz CT molecular complexity index is 916. The lowest BCUT2D eigenvalue weighted by molar-refractivity contribution is 0.0263. The molecule has 1 amide bonds. The predicted octanol–water partition coefficient (Wildman–Crippen LogP) is 2.69. The van der Waals surface area contributed by atoms with Crippen molar-refractivity contribution >= 4 is 23.0 Å². The van der Waals surface area contributed by atoms with Crippen LogP contribution in [0, 0.1) is 0 Å². The molecule has 1 aliphatic heterocycles. The summed E-state index contributed by atoms with van der Waals surface area (Å²) in [5, 5.41) is 10.3. The zero-order valence-corrected chi connectivity index (χ0v) is 16.8. The second-order valence-corrected chi connectivity index (χ2v) is 8.04. The van der Waals surface area contributed by atoms with E-state index in [-0.39, 0.29) is 17.4 Å². The number of aromatic nitrogens is 1. The summed E-state index contributed by atoms with van der Waals surface area (Å²) in [5.74, 6) is 0.687. The first kappa shape index (κ1) is 20.1. The maximum Gasteiger partial charge on any atom is 0.410 e. The molecule has 1 aliphatic rings. The van der Waals surface area contributed by atoms with Crippen LogP contribution in [0.25, 0.3) is 11.1 Å². The average Bonchev–Trinajstić information content (AvgIpc) is 2.85. The summed E-state index contributed by atoms with van der Waals surface area (Å²) in [6.45, 7) is 9.56. The molecular formula is C20H27N3O5. The number of hydrogen-bond acceptors (Lipinski definition) is 7. The topological polar surface area (TPSA) is 96.1 Å². The molecule has 0 aliphatic carbocycles. The highest BCUT2D eigenvalue weighted by Crippen LogP contribution is 2.21. The molecule has 152 valence electrons. The van der Waals surface area contributed by atoms with E-state index in [2.05, 4.69) is 9.88 Å². The van der Waals surface area contributed by atoms with E-state index in [4.69, 9.17) is 9.15 Å². The quantitative estimate of drug-likeness (QED) is 0.843. The third kappa shape index (κ3) is 4.62. The molecule has 3 heterocycles. The maximum absolute atomic E-state index is 12.3. The minimum absolute atomic E-state index is 0.213. The van der Waals surface area contributed by atoms with Crippen molar-refractivity contribution in [1.82, 2.24) is 9.88 Å². The van der Waals surface area contributed by atoms with Crippen molar-refractivity contribution in [2.45, 2.75) is 45.8 Å². The first-order valence-corrected chi connectivity index (χ1v) is 9.50. The summed E-state index contributed by atoms with van der Waals surface area (Å²) in [6, 6.07) is 5.29. The number of carbonyl (C=O) groups excluding carboxylic acids is 1. The van der Waals surface area contributed by atoms with E-state index in [1.165, 1.54) is 6.92 Å². The van der Waals surface area contributed by atoms with Crippen molar-refractivity contribution in [1.29, 1.82) is 0 Å². The van der Waals surface area contributed by atoms with Gasteiger partial charge in [0, 0.05) is 31.6 Å². The van der Waals surface area contributed by atoms with Crippen molar-refractivity contribution in [3.8, 4) is 0 Å². The number of hydrogen-bond donors (Lipinski definition) is 1. The Hall–Kier alpha value is -2.61. The lowest BCUT2D eigenvalue weighted by atomic mass is 10.1. The van der Waals surface area contributed by atoms with E-state index >= 15 is 0 Å². The molecule has 1 N–H and O–H groups in total. The second-order valence-electron chi connectivity index (χ2n) is 8.04. The van der Waals surface area contributed by atoms with Crippen LogP contribution in [0.5, 0.6) is 0 Å². The molecule has 1 atom stereocenters. The van der Waals surface area contributed by atoms with Crippen LogP contribution < -0.4 is 10.5 Å². The van der Waals surface area contributed by atoms with E-state index < -0.39 is 17.3 Å². The Morgan fingerprint density at radius 2 is 2.00 bits per heavy atom. The Morgan fingerprint density at radius 3 is 2.68 bits per heavy atom. The van der Waals surface area contributed by atoms with Gasteiger partial charge in [-0.25, -0.2) is 9.59 Å². The Balaban J connectivity index is 1.77. The maximum atomic E-state index is 12.3. The molecule has 28 heavy (non-hydrogen) atoms. The van der Waals surface area contributed by atoms with Crippen molar-refractivity contribution in [3.63, 3.8) is 0 Å². The van der Waals surface area contributed by atoms with Gasteiger partial charge in [0.2, 0.25) is 5.71 Å². The van der Waals surface area contributed by atoms with Gasteiger partial charge in [-0.3, -0.25) is 0 Å². The fourth-order valence-corrected chi connectivity index (χ4v) is 3.13. The second kappa shape index (κ2) is 7.79. The van der Waals surface area contributed by atoms with Gasteiger partial charge >= 0.3 is 11.7 Å². The van der Waals surface area contributed by atoms with Gasteiger partial charge in [0.15, 0.2) is 0 Å². The van der Waals surface area contributed by atoms with E-state index in [0.29, 0.717) is 30.8 Å². The average molecular weight is 389 g/mol. The zero-order chi connectivity index (χ0) is 20.5. The van der Waals surface area contributed by atoms with Crippen LogP contribution in [0.1, 0.15) is 45.8 Å².